The molecule has 1 atom stereocenters. The number of carbonyl (C=O) groups is 2. The number of unbranched alkanes of at least 4 members (excludes halogenated alkanes) is 12. The summed E-state index contributed by atoms with van der Waals surface area (Å²) in [5.41, 5.74) is 0.615. The predicted molar refractivity (Wildman–Crippen MR) is 125 cm³/mol. The predicted octanol–water partition coefficient (Wildman–Crippen LogP) is 6.02. The van der Waals surface area contributed by atoms with E-state index in [9.17, 15) is 14.7 Å². The van der Waals surface area contributed by atoms with Gasteiger partial charge in [0.2, 0.25) is 5.91 Å². The highest BCUT2D eigenvalue weighted by atomic mass is 16.4. The molecule has 0 aliphatic rings. The van der Waals surface area contributed by atoms with E-state index in [1.54, 1.807) is 12.1 Å². The normalized spacial score (nSPS) is 11.5. The molecular formula is C25H44N2O3. The number of aliphatic carboxylic acids is 1. The van der Waals surface area contributed by atoms with Gasteiger partial charge < -0.3 is 21.0 Å². The van der Waals surface area contributed by atoms with Crippen molar-refractivity contribution in [2.45, 2.75) is 110 Å². The summed E-state index contributed by atoms with van der Waals surface area (Å²) in [6, 6.07) is 8.03. The van der Waals surface area contributed by atoms with E-state index in [0.29, 0.717) is 12.1 Å². The van der Waals surface area contributed by atoms with Gasteiger partial charge >= 0.3 is 0 Å². The van der Waals surface area contributed by atoms with Crippen LogP contribution < -0.4 is 16.2 Å². The van der Waals surface area contributed by atoms with Crippen molar-refractivity contribution in [3.63, 3.8) is 0 Å². The number of hydrogen-bond donors (Lipinski definition) is 1. The number of hydrogen-bond acceptors (Lipinski definition) is 3. The van der Waals surface area contributed by atoms with E-state index in [1.807, 2.05) is 18.2 Å². The third kappa shape index (κ3) is 12.0. The fourth-order valence-corrected chi connectivity index (χ4v) is 3.69. The van der Waals surface area contributed by atoms with E-state index in [0.717, 1.165) is 19.3 Å². The Labute approximate surface area is 183 Å². The summed E-state index contributed by atoms with van der Waals surface area (Å²) >= 11 is 0. The summed E-state index contributed by atoms with van der Waals surface area (Å²) in [7, 11) is 0. The van der Waals surface area contributed by atoms with Crippen LogP contribution in [0.5, 0.6) is 0 Å². The number of quaternary nitrogens is 1. The van der Waals surface area contributed by atoms with Crippen molar-refractivity contribution in [1.29, 1.82) is 0 Å². The molecule has 5 nitrogen and oxygen atoms in total. The monoisotopic (exact) mass is 420 g/mol. The average molecular weight is 421 g/mol. The number of amides is 1. The summed E-state index contributed by atoms with van der Waals surface area (Å²) < 4.78 is 0. The van der Waals surface area contributed by atoms with Crippen LogP contribution >= 0.6 is 0 Å². The minimum Gasteiger partial charge on any atom is -0.548 e. The highest BCUT2D eigenvalue weighted by molar-refractivity contribution is 5.98. The molecule has 4 N–H and O–H groups in total. The molecule has 172 valence electrons. The maximum atomic E-state index is 12.6. The molecule has 0 heterocycles. The van der Waals surface area contributed by atoms with Gasteiger partial charge in [-0.2, -0.15) is 0 Å². The van der Waals surface area contributed by atoms with Crippen molar-refractivity contribution in [3.8, 4) is 0 Å². The van der Waals surface area contributed by atoms with Gasteiger partial charge in [0.05, 0.1) is 12.0 Å². The van der Waals surface area contributed by atoms with Gasteiger partial charge in [-0.25, -0.2) is 0 Å². The highest BCUT2D eigenvalue weighted by Crippen LogP contribution is 2.19. The lowest BCUT2D eigenvalue weighted by atomic mass is 10.0. The Hall–Kier alpha value is -1.88. The minimum absolute atomic E-state index is 0. The Morgan fingerprint density at radius 2 is 1.23 bits per heavy atom. The third-order valence-electron chi connectivity index (χ3n) is 5.53. The molecule has 0 radical (unpaired) electrons. The first-order valence-electron chi connectivity index (χ1n) is 11.7. The number of nitrogens with zero attached hydrogens (tertiary/aromatic N) is 1. The highest BCUT2D eigenvalue weighted by Gasteiger charge is 2.22. The van der Waals surface area contributed by atoms with Crippen molar-refractivity contribution in [3.05, 3.63) is 30.3 Å². The molecule has 0 aromatic heterocycles. The van der Waals surface area contributed by atoms with Crippen LogP contribution in [0.4, 0.5) is 5.69 Å². The minimum atomic E-state index is -1.23. The molecule has 1 aromatic carbocycles. The molecular weight excluding hydrogens is 376 g/mol. The fourth-order valence-electron chi connectivity index (χ4n) is 3.69. The topological polar surface area (TPSA) is 96.9 Å². The molecule has 1 aromatic rings. The van der Waals surface area contributed by atoms with E-state index >= 15 is 0 Å². The van der Waals surface area contributed by atoms with Crippen molar-refractivity contribution in [2.24, 2.45) is 0 Å². The summed E-state index contributed by atoms with van der Waals surface area (Å²) in [5.74, 6) is -1.37. The molecule has 0 fully saturated rings. The van der Waals surface area contributed by atoms with E-state index in [-0.39, 0.29) is 12.1 Å². The number of benzene rings is 1. The maximum Gasteiger partial charge on any atom is 0.227 e. The third-order valence-corrected chi connectivity index (χ3v) is 5.53. The Morgan fingerprint density at radius 1 is 0.800 bits per heavy atom. The number of carboxylic acids is 1. The van der Waals surface area contributed by atoms with Crippen molar-refractivity contribution in [2.75, 3.05) is 4.90 Å². The first-order valence-corrected chi connectivity index (χ1v) is 11.7. The average Bonchev–Trinajstić information content (AvgIpc) is 2.72. The molecule has 0 spiro atoms. The first kappa shape index (κ1) is 28.1. The number of rotatable bonds is 17. The molecule has 1 amide bonds. The van der Waals surface area contributed by atoms with E-state index in [1.165, 1.54) is 76.0 Å². The van der Waals surface area contributed by atoms with Gasteiger partial charge in [0.15, 0.2) is 0 Å². The summed E-state index contributed by atoms with van der Waals surface area (Å²) in [5, 5.41) is 11.3. The van der Waals surface area contributed by atoms with Crippen molar-refractivity contribution in [1.82, 2.24) is 6.15 Å². The van der Waals surface area contributed by atoms with Gasteiger partial charge in [-0.1, -0.05) is 102 Å². The van der Waals surface area contributed by atoms with Crippen LogP contribution in [-0.2, 0) is 9.59 Å². The lowest BCUT2D eigenvalue weighted by molar-refractivity contribution is -0.307. The lowest BCUT2D eigenvalue weighted by Gasteiger charge is -2.30. The van der Waals surface area contributed by atoms with E-state index in [2.05, 4.69) is 6.92 Å². The largest absolute Gasteiger partial charge is 0.548 e. The molecule has 30 heavy (non-hydrogen) atoms. The van der Waals surface area contributed by atoms with Crippen molar-refractivity contribution >= 4 is 17.6 Å². The van der Waals surface area contributed by atoms with Gasteiger partial charge in [-0.15, -0.1) is 0 Å². The second kappa shape index (κ2) is 17.9. The second-order valence-corrected chi connectivity index (χ2v) is 8.09. The summed E-state index contributed by atoms with van der Waals surface area (Å²) in [6.45, 7) is 3.76. The van der Waals surface area contributed by atoms with Crippen LogP contribution in [0.3, 0.4) is 0 Å². The Bertz CT molecular complexity index is 563. The number of carboxylic acid groups (broad SMARTS) is 1. The fraction of sp³-hybridized carbons (Fsp3) is 0.680. The lowest BCUT2D eigenvalue weighted by Crippen LogP contribution is -2.49. The molecule has 0 saturated carbocycles. The molecule has 5 heteroatoms. The Balaban J connectivity index is 0.00000841. The van der Waals surface area contributed by atoms with Gasteiger partial charge in [0.1, 0.15) is 0 Å². The second-order valence-electron chi connectivity index (χ2n) is 8.09. The van der Waals surface area contributed by atoms with Crippen LogP contribution in [0.25, 0.3) is 0 Å². The SMILES string of the molecule is CCCCCCCCCCCCCCCC(=O)N(c1ccccc1)[C@H](C)C(=O)[O-].[NH4+]. The standard InChI is InChI=1S/C25H41NO3.H3N/c1-3-4-5-6-7-8-9-10-11-12-13-14-18-21-24(27)26(22(2)25(28)29)23-19-16-15-17-20-23;/h15-17,19-20,22H,3-14,18,21H2,1-2H3,(H,28,29);1H3/t22-;/m1./s1. The first-order chi connectivity index (χ1) is 14.1. The summed E-state index contributed by atoms with van der Waals surface area (Å²) in [6.07, 6.45) is 16.7. The maximum absolute atomic E-state index is 12.6. The zero-order chi connectivity index (χ0) is 21.3. The van der Waals surface area contributed by atoms with Crippen LogP contribution in [0, 0.1) is 0 Å². The Morgan fingerprint density at radius 3 is 1.67 bits per heavy atom. The number of para-hydroxylation sites is 1. The molecule has 0 aliphatic heterocycles. The Kier molecular flexibility index (Phi) is 16.8. The van der Waals surface area contributed by atoms with Crippen LogP contribution in [0.2, 0.25) is 0 Å². The van der Waals surface area contributed by atoms with E-state index < -0.39 is 12.0 Å². The van der Waals surface area contributed by atoms with Crippen LogP contribution in [0.1, 0.15) is 104 Å². The molecule has 0 aliphatic carbocycles. The summed E-state index contributed by atoms with van der Waals surface area (Å²) in [4.78, 5) is 25.3. The number of anilines is 1. The van der Waals surface area contributed by atoms with Gasteiger partial charge in [-0.05, 0) is 25.5 Å². The molecule has 0 unspecified atom stereocenters. The van der Waals surface area contributed by atoms with Crippen LogP contribution in [0.15, 0.2) is 30.3 Å². The zero-order valence-electron chi connectivity index (χ0n) is 19.5. The smallest absolute Gasteiger partial charge is 0.227 e. The van der Waals surface area contributed by atoms with Crippen LogP contribution in [-0.4, -0.2) is 17.9 Å². The van der Waals surface area contributed by atoms with Gasteiger partial charge in [-0.3, -0.25) is 4.79 Å². The molecule has 0 bridgehead atoms. The van der Waals surface area contributed by atoms with Gasteiger partial charge in [0.25, 0.3) is 0 Å². The zero-order valence-corrected chi connectivity index (χ0v) is 19.5. The van der Waals surface area contributed by atoms with Crippen molar-refractivity contribution < 1.29 is 14.7 Å². The quantitative estimate of drug-likeness (QED) is 0.312. The molecule has 1 rings (SSSR count). The molecule has 0 saturated heterocycles. The van der Waals surface area contributed by atoms with E-state index in [4.69, 9.17) is 0 Å². The number of carbonyl (C=O) groups excluding carboxylic acids is 2. The van der Waals surface area contributed by atoms with Gasteiger partial charge in [0, 0.05) is 12.1 Å².